The fourth-order valence-corrected chi connectivity index (χ4v) is 1.67. The van der Waals surface area contributed by atoms with E-state index in [0.29, 0.717) is 6.61 Å². The van der Waals surface area contributed by atoms with Gasteiger partial charge in [0.25, 0.3) is 0 Å². The molecule has 0 aliphatic heterocycles. The number of hydrogen-bond donors (Lipinski definition) is 1. The fraction of sp³-hybridized carbons (Fsp3) is 0.700. The summed E-state index contributed by atoms with van der Waals surface area (Å²) < 4.78 is 1.83. The highest BCUT2D eigenvalue weighted by Crippen LogP contribution is 2.48. The first-order valence-corrected chi connectivity index (χ1v) is 4.82. The Morgan fingerprint density at radius 3 is 2.85 bits per heavy atom. The van der Waals surface area contributed by atoms with Crippen LogP contribution in [-0.2, 0) is 13.5 Å². The second-order valence-corrected chi connectivity index (χ2v) is 4.18. The molecule has 0 saturated heterocycles. The molecule has 0 aromatic carbocycles. The van der Waals surface area contributed by atoms with E-state index in [-0.39, 0.29) is 5.41 Å². The van der Waals surface area contributed by atoms with E-state index in [1.165, 1.54) is 18.4 Å². The Balaban J connectivity index is 1.86. The van der Waals surface area contributed by atoms with Crippen LogP contribution in [0.1, 0.15) is 24.8 Å². The maximum Gasteiger partial charge on any atom is 0.0521 e. The second-order valence-electron chi connectivity index (χ2n) is 4.18. The maximum atomic E-state index is 9.12. The second kappa shape index (κ2) is 3.14. The van der Waals surface area contributed by atoms with E-state index in [1.807, 2.05) is 24.1 Å². The average Bonchev–Trinajstić information content (AvgIpc) is 2.81. The fourth-order valence-electron chi connectivity index (χ4n) is 1.67. The molecule has 3 nitrogen and oxygen atoms in total. The molecule has 0 bridgehead atoms. The molecule has 0 unspecified atom stereocenters. The molecule has 0 amide bonds. The van der Waals surface area contributed by atoms with Crippen molar-refractivity contribution in [1.82, 2.24) is 9.78 Å². The van der Waals surface area contributed by atoms with Crippen molar-refractivity contribution in [3.8, 4) is 0 Å². The predicted octanol–water partition coefficient (Wildman–Crippen LogP) is 1.13. The van der Waals surface area contributed by atoms with Crippen LogP contribution in [-0.4, -0.2) is 21.5 Å². The number of rotatable bonds is 4. The number of hydrogen-bond acceptors (Lipinski definition) is 2. The summed E-state index contributed by atoms with van der Waals surface area (Å²) in [5.41, 5.74) is 1.55. The zero-order valence-electron chi connectivity index (χ0n) is 8.03. The van der Waals surface area contributed by atoms with Crippen LogP contribution in [0.2, 0.25) is 0 Å². The van der Waals surface area contributed by atoms with Crippen molar-refractivity contribution < 1.29 is 5.11 Å². The first-order valence-electron chi connectivity index (χ1n) is 4.82. The Hall–Kier alpha value is -0.830. The van der Waals surface area contributed by atoms with Gasteiger partial charge in [-0.2, -0.15) is 5.10 Å². The Labute approximate surface area is 78.4 Å². The molecule has 1 aliphatic rings. The predicted molar refractivity (Wildman–Crippen MR) is 50.3 cm³/mol. The van der Waals surface area contributed by atoms with Gasteiger partial charge in [0, 0.05) is 19.9 Å². The summed E-state index contributed by atoms with van der Waals surface area (Å²) in [6.07, 6.45) is 8.51. The van der Waals surface area contributed by atoms with Gasteiger partial charge in [0.05, 0.1) is 6.20 Å². The Morgan fingerprint density at radius 1 is 1.62 bits per heavy atom. The lowest BCUT2D eigenvalue weighted by Gasteiger charge is -2.09. The molecule has 1 N–H and O–H groups in total. The van der Waals surface area contributed by atoms with Gasteiger partial charge in [-0.15, -0.1) is 0 Å². The van der Waals surface area contributed by atoms with Crippen molar-refractivity contribution in [2.24, 2.45) is 12.5 Å². The summed E-state index contributed by atoms with van der Waals surface area (Å²) in [5.74, 6) is 0. The van der Waals surface area contributed by atoms with Gasteiger partial charge in [-0.3, -0.25) is 4.68 Å². The maximum absolute atomic E-state index is 9.12. The highest BCUT2D eigenvalue weighted by Gasteiger charge is 2.41. The van der Waals surface area contributed by atoms with Crippen LogP contribution in [0, 0.1) is 5.41 Å². The molecular weight excluding hydrogens is 164 g/mol. The van der Waals surface area contributed by atoms with Crippen LogP contribution in [0.3, 0.4) is 0 Å². The van der Waals surface area contributed by atoms with Gasteiger partial charge in [-0.05, 0) is 36.7 Å². The van der Waals surface area contributed by atoms with Gasteiger partial charge >= 0.3 is 0 Å². The Morgan fingerprint density at radius 2 is 2.38 bits per heavy atom. The molecule has 0 atom stereocenters. The van der Waals surface area contributed by atoms with Crippen molar-refractivity contribution in [2.75, 3.05) is 6.61 Å². The van der Waals surface area contributed by atoms with Crippen LogP contribution in [0.4, 0.5) is 0 Å². The minimum Gasteiger partial charge on any atom is -0.396 e. The van der Waals surface area contributed by atoms with Gasteiger partial charge in [0.2, 0.25) is 0 Å². The monoisotopic (exact) mass is 180 g/mol. The van der Waals surface area contributed by atoms with E-state index in [9.17, 15) is 0 Å². The Kier molecular flexibility index (Phi) is 2.12. The van der Waals surface area contributed by atoms with E-state index in [2.05, 4.69) is 5.10 Å². The van der Waals surface area contributed by atoms with Crippen molar-refractivity contribution in [1.29, 1.82) is 0 Å². The molecule has 0 radical (unpaired) electrons. The van der Waals surface area contributed by atoms with Crippen molar-refractivity contribution in [3.63, 3.8) is 0 Å². The SMILES string of the molecule is Cn1cc(CCC2(CO)CC2)cn1. The smallest absolute Gasteiger partial charge is 0.0521 e. The molecule has 1 aliphatic carbocycles. The minimum absolute atomic E-state index is 0.274. The number of aromatic nitrogens is 2. The van der Waals surface area contributed by atoms with Crippen LogP contribution in [0.15, 0.2) is 12.4 Å². The topological polar surface area (TPSA) is 38.0 Å². The molecule has 3 heteroatoms. The van der Waals surface area contributed by atoms with Gasteiger partial charge in [0.15, 0.2) is 0 Å². The quantitative estimate of drug-likeness (QED) is 0.754. The largest absolute Gasteiger partial charge is 0.396 e. The van der Waals surface area contributed by atoms with E-state index in [1.54, 1.807) is 0 Å². The van der Waals surface area contributed by atoms with Crippen molar-refractivity contribution in [3.05, 3.63) is 18.0 Å². The molecule has 2 rings (SSSR count). The standard InChI is InChI=1S/C10H16N2O/c1-12-7-9(6-11-12)2-3-10(8-13)4-5-10/h6-7,13H,2-5,8H2,1H3. The number of nitrogens with zero attached hydrogens (tertiary/aromatic N) is 2. The average molecular weight is 180 g/mol. The third-order valence-corrected chi connectivity index (χ3v) is 2.99. The lowest BCUT2D eigenvalue weighted by atomic mass is 9.99. The Bertz CT molecular complexity index is 289. The summed E-state index contributed by atoms with van der Waals surface area (Å²) in [4.78, 5) is 0. The first kappa shape index (κ1) is 8.75. The van der Waals surface area contributed by atoms with E-state index in [4.69, 9.17) is 5.11 Å². The summed E-state index contributed by atoms with van der Waals surface area (Å²) in [6, 6.07) is 0. The molecule has 13 heavy (non-hydrogen) atoms. The zero-order chi connectivity index (χ0) is 9.31. The first-order chi connectivity index (χ1) is 6.24. The molecule has 1 saturated carbocycles. The van der Waals surface area contributed by atoms with E-state index < -0.39 is 0 Å². The van der Waals surface area contributed by atoms with Crippen LogP contribution in [0.5, 0.6) is 0 Å². The van der Waals surface area contributed by atoms with Crippen LogP contribution < -0.4 is 0 Å². The normalized spacial score (nSPS) is 18.9. The molecule has 0 spiro atoms. The molecular formula is C10H16N2O. The van der Waals surface area contributed by atoms with Gasteiger partial charge < -0.3 is 5.11 Å². The zero-order valence-corrected chi connectivity index (χ0v) is 8.03. The number of aryl methyl sites for hydroxylation is 2. The molecule has 1 heterocycles. The number of aliphatic hydroxyl groups excluding tert-OH is 1. The van der Waals surface area contributed by atoms with E-state index in [0.717, 1.165) is 12.8 Å². The van der Waals surface area contributed by atoms with Crippen LogP contribution >= 0.6 is 0 Å². The summed E-state index contributed by atoms with van der Waals surface area (Å²) in [7, 11) is 1.93. The summed E-state index contributed by atoms with van der Waals surface area (Å²) in [6.45, 7) is 0.354. The third kappa shape index (κ3) is 1.91. The van der Waals surface area contributed by atoms with Gasteiger partial charge in [-0.25, -0.2) is 0 Å². The lowest BCUT2D eigenvalue weighted by Crippen LogP contribution is -2.07. The highest BCUT2D eigenvalue weighted by atomic mass is 16.3. The summed E-state index contributed by atoms with van der Waals surface area (Å²) in [5, 5.41) is 13.2. The molecule has 1 fully saturated rings. The molecule has 1 aromatic heterocycles. The molecule has 1 aromatic rings. The van der Waals surface area contributed by atoms with E-state index >= 15 is 0 Å². The van der Waals surface area contributed by atoms with Crippen molar-refractivity contribution >= 4 is 0 Å². The van der Waals surface area contributed by atoms with Gasteiger partial charge in [-0.1, -0.05) is 0 Å². The van der Waals surface area contributed by atoms with Gasteiger partial charge in [0.1, 0.15) is 0 Å². The number of aliphatic hydroxyl groups is 1. The van der Waals surface area contributed by atoms with Crippen molar-refractivity contribution in [2.45, 2.75) is 25.7 Å². The molecule has 72 valence electrons. The summed E-state index contributed by atoms with van der Waals surface area (Å²) >= 11 is 0. The van der Waals surface area contributed by atoms with Crippen LogP contribution in [0.25, 0.3) is 0 Å². The minimum atomic E-state index is 0.274. The third-order valence-electron chi connectivity index (χ3n) is 2.99. The lowest BCUT2D eigenvalue weighted by molar-refractivity contribution is 0.203. The highest BCUT2D eigenvalue weighted by molar-refractivity contribution is 5.06.